The Morgan fingerprint density at radius 2 is 1.89 bits per heavy atom. The van der Waals surface area contributed by atoms with Crippen molar-refractivity contribution in [3.63, 3.8) is 0 Å². The van der Waals surface area contributed by atoms with E-state index in [9.17, 15) is 14.0 Å². The molecule has 0 spiro atoms. The van der Waals surface area contributed by atoms with Gasteiger partial charge in [-0.25, -0.2) is 14.1 Å². The summed E-state index contributed by atoms with van der Waals surface area (Å²) in [5.74, 6) is -0.226. The summed E-state index contributed by atoms with van der Waals surface area (Å²) < 4.78 is 17.8. The Labute approximate surface area is 202 Å². The van der Waals surface area contributed by atoms with Gasteiger partial charge in [-0.1, -0.05) is 18.2 Å². The van der Waals surface area contributed by atoms with E-state index in [0.717, 1.165) is 5.56 Å². The number of amides is 2. The van der Waals surface area contributed by atoms with Crippen LogP contribution in [0.15, 0.2) is 73.3 Å². The Morgan fingerprint density at radius 1 is 1.09 bits per heavy atom. The molecule has 9 heteroatoms. The zero-order chi connectivity index (χ0) is 24.4. The van der Waals surface area contributed by atoms with Gasteiger partial charge in [-0.15, -0.1) is 0 Å². The molecule has 1 atom stereocenters. The van der Waals surface area contributed by atoms with Gasteiger partial charge in [0.2, 0.25) is 5.91 Å². The van der Waals surface area contributed by atoms with Gasteiger partial charge >= 0.3 is 0 Å². The SMILES string of the molecule is Cc1cccnc1NC(=O)C1CCCN(C(=O)c2cnn(-c3ccccc3F)c2-n2cccc2)C1. The molecule has 0 bridgehead atoms. The Hall–Kier alpha value is -4.27. The second-order valence-electron chi connectivity index (χ2n) is 8.58. The highest BCUT2D eigenvalue weighted by Gasteiger charge is 2.32. The first-order chi connectivity index (χ1) is 17.0. The number of anilines is 1. The van der Waals surface area contributed by atoms with Crippen LogP contribution in [-0.2, 0) is 4.79 Å². The van der Waals surface area contributed by atoms with Crippen molar-refractivity contribution >= 4 is 17.6 Å². The van der Waals surface area contributed by atoms with Crippen molar-refractivity contribution in [3.05, 3.63) is 90.3 Å². The largest absolute Gasteiger partial charge is 0.338 e. The second kappa shape index (κ2) is 9.54. The molecule has 2 amide bonds. The average molecular weight is 473 g/mol. The van der Waals surface area contributed by atoms with Crippen LogP contribution in [0.4, 0.5) is 10.2 Å². The molecule has 0 aliphatic carbocycles. The van der Waals surface area contributed by atoms with Crippen molar-refractivity contribution in [1.82, 2.24) is 24.2 Å². The van der Waals surface area contributed by atoms with Gasteiger partial charge in [0.05, 0.1) is 12.1 Å². The van der Waals surface area contributed by atoms with Crippen LogP contribution in [0.1, 0.15) is 28.8 Å². The number of piperidine rings is 1. The summed E-state index contributed by atoms with van der Waals surface area (Å²) in [7, 11) is 0. The third-order valence-electron chi connectivity index (χ3n) is 6.23. The van der Waals surface area contributed by atoms with Crippen molar-refractivity contribution in [3.8, 4) is 11.5 Å². The number of aromatic nitrogens is 4. The molecule has 1 saturated heterocycles. The molecule has 3 aromatic heterocycles. The Bertz CT molecular complexity index is 1360. The Morgan fingerprint density at radius 3 is 2.66 bits per heavy atom. The lowest BCUT2D eigenvalue weighted by atomic mass is 9.96. The van der Waals surface area contributed by atoms with Crippen LogP contribution < -0.4 is 5.32 Å². The number of hydrogen-bond acceptors (Lipinski definition) is 4. The number of halogens is 1. The molecular weight excluding hydrogens is 447 g/mol. The molecule has 5 rings (SSSR count). The fraction of sp³-hybridized carbons (Fsp3) is 0.231. The van der Waals surface area contributed by atoms with E-state index in [1.807, 2.05) is 31.2 Å². The summed E-state index contributed by atoms with van der Waals surface area (Å²) in [5.41, 5.74) is 1.46. The fourth-order valence-electron chi connectivity index (χ4n) is 4.40. The quantitative estimate of drug-likeness (QED) is 0.476. The molecule has 178 valence electrons. The number of rotatable bonds is 5. The van der Waals surface area contributed by atoms with Crippen LogP contribution >= 0.6 is 0 Å². The van der Waals surface area contributed by atoms with Gasteiger partial charge < -0.3 is 14.8 Å². The Balaban J connectivity index is 1.42. The molecule has 35 heavy (non-hydrogen) atoms. The van der Waals surface area contributed by atoms with E-state index in [-0.39, 0.29) is 30.0 Å². The smallest absolute Gasteiger partial charge is 0.259 e. The number of benzene rings is 1. The molecule has 4 heterocycles. The first kappa shape index (κ1) is 22.5. The van der Waals surface area contributed by atoms with E-state index in [1.165, 1.54) is 16.9 Å². The lowest BCUT2D eigenvalue weighted by Crippen LogP contribution is -2.44. The van der Waals surface area contributed by atoms with Crippen molar-refractivity contribution in [1.29, 1.82) is 0 Å². The van der Waals surface area contributed by atoms with Crippen molar-refractivity contribution in [2.45, 2.75) is 19.8 Å². The zero-order valence-electron chi connectivity index (χ0n) is 19.3. The maximum atomic E-state index is 14.6. The van der Waals surface area contributed by atoms with Gasteiger partial charge in [0.1, 0.15) is 22.9 Å². The third-order valence-corrected chi connectivity index (χ3v) is 6.23. The summed E-state index contributed by atoms with van der Waals surface area (Å²) in [5, 5.41) is 7.25. The highest BCUT2D eigenvalue weighted by molar-refractivity contribution is 5.98. The summed E-state index contributed by atoms with van der Waals surface area (Å²) in [6.45, 7) is 2.70. The molecule has 1 N–H and O–H groups in total. The molecular formula is C26H25FN6O2. The van der Waals surface area contributed by atoms with E-state index >= 15 is 0 Å². The van der Waals surface area contributed by atoms with Gasteiger partial charge in [-0.2, -0.15) is 5.10 Å². The third kappa shape index (κ3) is 4.44. The molecule has 1 aliphatic heterocycles. The Kier molecular flexibility index (Phi) is 6.13. The monoisotopic (exact) mass is 472 g/mol. The number of pyridine rings is 1. The maximum Gasteiger partial charge on any atom is 0.259 e. The summed E-state index contributed by atoms with van der Waals surface area (Å²) in [6.07, 6.45) is 8.05. The van der Waals surface area contributed by atoms with Crippen molar-refractivity contribution in [2.24, 2.45) is 5.92 Å². The predicted molar refractivity (Wildman–Crippen MR) is 129 cm³/mol. The molecule has 1 unspecified atom stereocenters. The van der Waals surface area contributed by atoms with Crippen LogP contribution in [0, 0.1) is 18.7 Å². The summed E-state index contributed by atoms with van der Waals surface area (Å²) in [6, 6.07) is 13.7. The maximum absolute atomic E-state index is 14.6. The number of para-hydroxylation sites is 1. The number of nitrogens with zero attached hydrogens (tertiary/aromatic N) is 5. The van der Waals surface area contributed by atoms with E-state index < -0.39 is 5.82 Å². The standard InChI is InChI=1S/C26H25FN6O2/c1-18-8-6-12-28-23(18)30-24(34)19-9-7-15-32(17-19)26(35)20-16-29-33(22-11-3-2-10-21(22)27)25(20)31-13-4-5-14-31/h2-6,8,10-14,16,19H,7,9,15,17H2,1H3,(H,28,30,34). The first-order valence-electron chi connectivity index (χ1n) is 11.5. The summed E-state index contributed by atoms with van der Waals surface area (Å²) >= 11 is 0. The minimum Gasteiger partial charge on any atom is -0.338 e. The second-order valence-corrected chi connectivity index (χ2v) is 8.58. The molecule has 1 aliphatic rings. The van der Waals surface area contributed by atoms with Crippen molar-refractivity contribution < 1.29 is 14.0 Å². The van der Waals surface area contributed by atoms with Crippen LogP contribution in [-0.4, -0.2) is 49.1 Å². The molecule has 1 fully saturated rings. The zero-order valence-corrected chi connectivity index (χ0v) is 19.3. The first-order valence-corrected chi connectivity index (χ1v) is 11.5. The van der Waals surface area contributed by atoms with Crippen LogP contribution in [0.2, 0.25) is 0 Å². The molecule has 1 aromatic carbocycles. The van der Waals surface area contributed by atoms with Crippen LogP contribution in [0.3, 0.4) is 0 Å². The van der Waals surface area contributed by atoms with Gasteiger partial charge in [-0.05, 0) is 55.7 Å². The minimum absolute atomic E-state index is 0.156. The van der Waals surface area contributed by atoms with Gasteiger partial charge in [0, 0.05) is 31.7 Å². The fourth-order valence-corrected chi connectivity index (χ4v) is 4.40. The van der Waals surface area contributed by atoms with Crippen molar-refractivity contribution in [2.75, 3.05) is 18.4 Å². The van der Waals surface area contributed by atoms with E-state index in [2.05, 4.69) is 15.4 Å². The molecule has 8 nitrogen and oxygen atoms in total. The lowest BCUT2D eigenvalue weighted by molar-refractivity contribution is -0.121. The topological polar surface area (TPSA) is 85.1 Å². The number of carbonyl (C=O) groups is 2. The number of nitrogens with one attached hydrogen (secondary N) is 1. The summed E-state index contributed by atoms with van der Waals surface area (Å²) in [4.78, 5) is 32.5. The minimum atomic E-state index is -0.442. The van der Waals surface area contributed by atoms with Crippen LogP contribution in [0.25, 0.3) is 11.5 Å². The lowest BCUT2D eigenvalue weighted by Gasteiger charge is -2.32. The number of aryl methyl sites for hydroxylation is 1. The van der Waals surface area contributed by atoms with E-state index in [0.29, 0.717) is 36.6 Å². The number of hydrogen-bond donors (Lipinski definition) is 1. The molecule has 0 saturated carbocycles. The van der Waals surface area contributed by atoms with Gasteiger partial charge in [0.25, 0.3) is 5.91 Å². The molecule has 0 radical (unpaired) electrons. The predicted octanol–water partition coefficient (Wildman–Crippen LogP) is 4.00. The number of likely N-dealkylation sites (tertiary alicyclic amines) is 1. The van der Waals surface area contributed by atoms with E-state index in [4.69, 9.17) is 0 Å². The molecule has 4 aromatic rings. The number of carbonyl (C=O) groups excluding carboxylic acids is 2. The normalized spacial score (nSPS) is 15.7. The van der Waals surface area contributed by atoms with E-state index in [1.54, 1.807) is 46.3 Å². The highest BCUT2D eigenvalue weighted by Crippen LogP contribution is 2.26. The van der Waals surface area contributed by atoms with Crippen LogP contribution in [0.5, 0.6) is 0 Å². The van der Waals surface area contributed by atoms with Gasteiger partial charge in [0.15, 0.2) is 5.82 Å². The van der Waals surface area contributed by atoms with Gasteiger partial charge in [-0.3, -0.25) is 9.59 Å². The highest BCUT2D eigenvalue weighted by atomic mass is 19.1. The average Bonchev–Trinajstić information content (AvgIpc) is 3.55.